The fourth-order valence-electron chi connectivity index (χ4n) is 2.12. The van der Waals surface area contributed by atoms with Gasteiger partial charge in [-0.05, 0) is 29.0 Å². The van der Waals surface area contributed by atoms with Gasteiger partial charge in [0.1, 0.15) is 0 Å². The van der Waals surface area contributed by atoms with E-state index in [9.17, 15) is 0 Å². The van der Waals surface area contributed by atoms with Crippen LogP contribution in [0.25, 0.3) is 11.4 Å². The Morgan fingerprint density at radius 2 is 2.26 bits per heavy atom. The molecule has 7 heteroatoms. The van der Waals surface area contributed by atoms with Crippen LogP contribution in [0.4, 0.5) is 0 Å². The fourth-order valence-corrected chi connectivity index (χ4v) is 2.48. The Labute approximate surface area is 118 Å². The molecule has 1 aliphatic rings. The summed E-state index contributed by atoms with van der Waals surface area (Å²) >= 11 is 3.37. The van der Waals surface area contributed by atoms with Crippen molar-refractivity contribution in [3.05, 3.63) is 28.8 Å². The minimum Gasteiger partial charge on any atom is -0.379 e. The first-order valence-corrected chi connectivity index (χ1v) is 6.77. The first-order chi connectivity index (χ1) is 9.28. The van der Waals surface area contributed by atoms with Gasteiger partial charge in [-0.1, -0.05) is 5.16 Å². The van der Waals surface area contributed by atoms with Crippen LogP contribution >= 0.6 is 15.9 Å². The molecule has 0 aromatic carbocycles. The number of nitrogens with one attached hydrogen (secondary N) is 1. The van der Waals surface area contributed by atoms with Gasteiger partial charge < -0.3 is 14.6 Å². The number of rotatable bonds is 3. The molecule has 6 nitrogen and oxygen atoms in total. The Bertz CT molecular complexity index is 574. The predicted octanol–water partition coefficient (Wildman–Crippen LogP) is 1.60. The predicted molar refractivity (Wildman–Crippen MR) is 71.6 cm³/mol. The molecule has 3 heterocycles. The van der Waals surface area contributed by atoms with Gasteiger partial charge >= 0.3 is 0 Å². The standard InChI is InChI=1S/C12H13BrN4O2/c1-14-10-6-18-5-9(10)12-16-11(17-19-12)7-2-8(13)4-15-3-7/h2-4,9-10,14H,5-6H2,1H3. The van der Waals surface area contributed by atoms with Crippen LogP contribution in [0.5, 0.6) is 0 Å². The van der Waals surface area contributed by atoms with Gasteiger partial charge in [-0.2, -0.15) is 4.98 Å². The van der Waals surface area contributed by atoms with Crippen LogP contribution in [-0.2, 0) is 4.74 Å². The molecule has 0 saturated carbocycles. The van der Waals surface area contributed by atoms with Crippen molar-refractivity contribution < 1.29 is 9.26 Å². The first-order valence-electron chi connectivity index (χ1n) is 5.97. The molecule has 2 atom stereocenters. The van der Waals surface area contributed by atoms with Gasteiger partial charge in [0.2, 0.25) is 11.7 Å². The third-order valence-electron chi connectivity index (χ3n) is 3.17. The third kappa shape index (κ3) is 2.54. The molecule has 3 rings (SSSR count). The van der Waals surface area contributed by atoms with E-state index in [-0.39, 0.29) is 12.0 Å². The molecule has 19 heavy (non-hydrogen) atoms. The van der Waals surface area contributed by atoms with Crippen molar-refractivity contribution in [1.82, 2.24) is 20.4 Å². The van der Waals surface area contributed by atoms with E-state index in [0.29, 0.717) is 24.9 Å². The highest BCUT2D eigenvalue weighted by Crippen LogP contribution is 2.26. The maximum atomic E-state index is 5.44. The zero-order chi connectivity index (χ0) is 13.2. The van der Waals surface area contributed by atoms with Crippen molar-refractivity contribution >= 4 is 15.9 Å². The highest BCUT2D eigenvalue weighted by Gasteiger charge is 2.33. The van der Waals surface area contributed by atoms with Crippen LogP contribution in [0.1, 0.15) is 11.8 Å². The van der Waals surface area contributed by atoms with Gasteiger partial charge in [-0.15, -0.1) is 0 Å². The molecule has 0 radical (unpaired) electrons. The van der Waals surface area contributed by atoms with Gasteiger partial charge in [-0.25, -0.2) is 0 Å². The normalized spacial score (nSPS) is 22.8. The number of aromatic nitrogens is 3. The highest BCUT2D eigenvalue weighted by molar-refractivity contribution is 9.10. The molecule has 0 bridgehead atoms. The summed E-state index contributed by atoms with van der Waals surface area (Å²) < 4.78 is 11.7. The number of ether oxygens (including phenoxy) is 1. The Morgan fingerprint density at radius 3 is 3.05 bits per heavy atom. The second-order valence-corrected chi connectivity index (χ2v) is 5.30. The van der Waals surface area contributed by atoms with E-state index in [0.717, 1.165) is 10.0 Å². The average molecular weight is 325 g/mol. The smallest absolute Gasteiger partial charge is 0.234 e. The maximum Gasteiger partial charge on any atom is 0.234 e. The van der Waals surface area contributed by atoms with Crippen LogP contribution in [0.2, 0.25) is 0 Å². The molecule has 1 N–H and O–H groups in total. The van der Waals surface area contributed by atoms with E-state index in [1.807, 2.05) is 13.1 Å². The molecule has 2 unspecified atom stereocenters. The lowest BCUT2D eigenvalue weighted by Crippen LogP contribution is -2.31. The Kier molecular flexibility index (Phi) is 3.58. The van der Waals surface area contributed by atoms with E-state index in [1.54, 1.807) is 12.4 Å². The van der Waals surface area contributed by atoms with E-state index >= 15 is 0 Å². The summed E-state index contributed by atoms with van der Waals surface area (Å²) in [5, 5.41) is 7.21. The second kappa shape index (κ2) is 5.36. The lowest BCUT2D eigenvalue weighted by Gasteiger charge is -2.11. The molecular formula is C12H13BrN4O2. The van der Waals surface area contributed by atoms with E-state index in [1.165, 1.54) is 0 Å². The summed E-state index contributed by atoms with van der Waals surface area (Å²) in [7, 11) is 1.90. The Hall–Kier alpha value is -1.31. The Morgan fingerprint density at radius 1 is 1.37 bits per heavy atom. The molecule has 1 fully saturated rings. The van der Waals surface area contributed by atoms with Crippen LogP contribution < -0.4 is 5.32 Å². The van der Waals surface area contributed by atoms with Crippen LogP contribution in [0.3, 0.4) is 0 Å². The summed E-state index contributed by atoms with van der Waals surface area (Å²) in [4.78, 5) is 8.54. The topological polar surface area (TPSA) is 73.1 Å². The highest BCUT2D eigenvalue weighted by atomic mass is 79.9. The van der Waals surface area contributed by atoms with Crippen molar-refractivity contribution in [2.45, 2.75) is 12.0 Å². The minimum atomic E-state index is 0.103. The number of pyridine rings is 1. The molecule has 0 aliphatic carbocycles. The maximum absolute atomic E-state index is 5.44. The molecule has 1 aliphatic heterocycles. The van der Waals surface area contributed by atoms with Crippen LogP contribution in [0, 0.1) is 0 Å². The zero-order valence-electron chi connectivity index (χ0n) is 10.3. The van der Waals surface area contributed by atoms with Crippen molar-refractivity contribution in [3.8, 4) is 11.4 Å². The van der Waals surface area contributed by atoms with Crippen molar-refractivity contribution in [1.29, 1.82) is 0 Å². The van der Waals surface area contributed by atoms with Gasteiger partial charge in [0.15, 0.2) is 0 Å². The minimum absolute atomic E-state index is 0.103. The second-order valence-electron chi connectivity index (χ2n) is 4.39. The molecule has 0 spiro atoms. The molecular weight excluding hydrogens is 312 g/mol. The SMILES string of the molecule is CNC1COCC1c1nc(-c2cncc(Br)c2)no1. The molecule has 100 valence electrons. The molecule has 2 aromatic heterocycles. The zero-order valence-corrected chi connectivity index (χ0v) is 11.9. The first kappa shape index (κ1) is 12.7. The third-order valence-corrected chi connectivity index (χ3v) is 3.61. The summed E-state index contributed by atoms with van der Waals surface area (Å²) in [6.45, 7) is 1.27. The number of hydrogen-bond donors (Lipinski definition) is 1. The Balaban J connectivity index is 1.87. The monoisotopic (exact) mass is 324 g/mol. The lowest BCUT2D eigenvalue weighted by molar-refractivity contribution is 0.185. The quantitative estimate of drug-likeness (QED) is 0.924. The molecule has 0 amide bonds. The van der Waals surface area contributed by atoms with Crippen molar-refractivity contribution in [2.24, 2.45) is 0 Å². The summed E-state index contributed by atoms with van der Waals surface area (Å²) in [6, 6.07) is 2.12. The lowest BCUT2D eigenvalue weighted by atomic mass is 10.0. The average Bonchev–Trinajstić information content (AvgIpc) is 3.07. The summed E-state index contributed by atoms with van der Waals surface area (Å²) in [5.74, 6) is 1.25. The van der Waals surface area contributed by atoms with Crippen molar-refractivity contribution in [3.63, 3.8) is 0 Å². The van der Waals surface area contributed by atoms with Crippen molar-refractivity contribution in [2.75, 3.05) is 20.3 Å². The summed E-state index contributed by atoms with van der Waals surface area (Å²) in [6.07, 6.45) is 3.42. The van der Waals surface area contributed by atoms with Gasteiger partial charge in [0, 0.05) is 28.5 Å². The number of halogens is 1. The number of likely N-dealkylation sites (N-methyl/N-ethyl adjacent to an activating group) is 1. The van der Waals surface area contributed by atoms with Crippen LogP contribution in [-0.4, -0.2) is 41.4 Å². The van der Waals surface area contributed by atoms with Gasteiger partial charge in [0.05, 0.1) is 19.1 Å². The van der Waals surface area contributed by atoms with Crippen LogP contribution in [0.15, 0.2) is 27.5 Å². The molecule has 2 aromatic rings. The number of nitrogens with zero attached hydrogens (tertiary/aromatic N) is 3. The van der Waals surface area contributed by atoms with E-state index in [4.69, 9.17) is 9.26 Å². The fraction of sp³-hybridized carbons (Fsp3) is 0.417. The molecule has 1 saturated heterocycles. The largest absolute Gasteiger partial charge is 0.379 e. The number of hydrogen-bond acceptors (Lipinski definition) is 6. The van der Waals surface area contributed by atoms with Gasteiger partial charge in [0.25, 0.3) is 0 Å². The van der Waals surface area contributed by atoms with Gasteiger partial charge in [-0.3, -0.25) is 4.98 Å². The van der Waals surface area contributed by atoms with E-state index < -0.39 is 0 Å². The van der Waals surface area contributed by atoms with E-state index in [2.05, 4.69) is 36.4 Å². The summed E-state index contributed by atoms with van der Waals surface area (Å²) in [5.41, 5.74) is 0.823.